The third-order valence-corrected chi connectivity index (χ3v) is 6.61. The molecule has 1 aliphatic rings. The van der Waals surface area contributed by atoms with Crippen molar-refractivity contribution in [2.45, 2.75) is 23.0 Å². The zero-order valence-corrected chi connectivity index (χ0v) is 17.0. The van der Waals surface area contributed by atoms with E-state index in [4.69, 9.17) is 4.84 Å². The zero-order chi connectivity index (χ0) is 17.2. The molecule has 1 aromatic rings. The number of nitrogens with one attached hydrogen (secondary N) is 1. The number of rotatable bonds is 2. The number of allylic oxidation sites excluding steroid dienone is 2. The van der Waals surface area contributed by atoms with Crippen molar-refractivity contribution >= 4 is 71.1 Å². The highest BCUT2D eigenvalue weighted by molar-refractivity contribution is 9.13. The molecule has 0 aliphatic heterocycles. The number of nitrogens with zero attached hydrogens (tertiary/aromatic N) is 1. The maximum Gasteiger partial charge on any atom is 0.437 e. The molecule has 1 aromatic carbocycles. The maximum atomic E-state index is 12.0. The van der Waals surface area contributed by atoms with Crippen molar-refractivity contribution in [2.24, 2.45) is 5.16 Å². The molecule has 0 aromatic heterocycles. The normalized spacial score (nSPS) is 26.0. The number of anilines is 1. The number of carbonyl (C=O) groups is 2. The number of alkyl halides is 2. The topological polar surface area (TPSA) is 67.8 Å². The average Bonchev–Trinajstić information content (AvgIpc) is 2.48. The van der Waals surface area contributed by atoms with Gasteiger partial charge in [-0.05, 0) is 49.8 Å². The molecule has 0 fully saturated rings. The van der Waals surface area contributed by atoms with E-state index in [1.807, 2.05) is 0 Å². The number of benzene rings is 1. The van der Waals surface area contributed by atoms with Gasteiger partial charge in [0.25, 0.3) is 0 Å². The molecule has 1 N–H and O–H groups in total. The molecule has 5 nitrogen and oxygen atoms in total. The molecule has 1 aliphatic carbocycles. The first-order valence-corrected chi connectivity index (χ1v) is 9.09. The summed E-state index contributed by atoms with van der Waals surface area (Å²) in [4.78, 5) is 28.3. The molecule has 0 bridgehead atoms. The summed E-state index contributed by atoms with van der Waals surface area (Å²) in [5.74, 6) is -0.0739. The van der Waals surface area contributed by atoms with Gasteiger partial charge in [0.1, 0.15) is 4.32 Å². The monoisotopic (exact) mass is 506 g/mol. The average molecular weight is 509 g/mol. The molecular weight excluding hydrogens is 496 g/mol. The molecule has 0 radical (unpaired) electrons. The molecule has 2 atom stereocenters. The number of hydrogen-bond acceptors (Lipinski definition) is 4. The lowest BCUT2D eigenvalue weighted by molar-refractivity contribution is -0.116. The van der Waals surface area contributed by atoms with Gasteiger partial charge in [-0.25, -0.2) is 4.79 Å². The van der Waals surface area contributed by atoms with E-state index in [9.17, 15) is 9.59 Å². The predicted octanol–water partition coefficient (Wildman–Crippen LogP) is 4.80. The fraction of sp³-hybridized carbons (Fsp3) is 0.267. The van der Waals surface area contributed by atoms with Gasteiger partial charge in [0, 0.05) is 10.2 Å². The summed E-state index contributed by atoms with van der Waals surface area (Å²) in [5.41, 5.74) is 1.71. The standard InChI is InChI=1S/C15H13Br3N2O3/c1-8-7-11(21)15(2,18)13(17)12(8)20-23-14(22)19-10-5-3-9(16)4-6-10/h3-7,13H,1-2H3,(H,19,22). The van der Waals surface area contributed by atoms with E-state index in [2.05, 4.69) is 58.3 Å². The van der Waals surface area contributed by atoms with Gasteiger partial charge in [-0.1, -0.05) is 52.9 Å². The van der Waals surface area contributed by atoms with Gasteiger partial charge >= 0.3 is 6.09 Å². The fourth-order valence-electron chi connectivity index (χ4n) is 1.88. The van der Waals surface area contributed by atoms with Crippen LogP contribution < -0.4 is 5.32 Å². The Bertz CT molecular complexity index is 696. The van der Waals surface area contributed by atoms with Crippen molar-refractivity contribution in [2.75, 3.05) is 5.32 Å². The Hall–Kier alpha value is -0.990. The summed E-state index contributed by atoms with van der Waals surface area (Å²) >= 11 is 10.1. The van der Waals surface area contributed by atoms with Gasteiger partial charge in [-0.2, -0.15) is 0 Å². The summed E-state index contributed by atoms with van der Waals surface area (Å²) in [6, 6.07) is 7.05. The smallest absolute Gasteiger partial charge is 0.297 e. The zero-order valence-electron chi connectivity index (χ0n) is 12.3. The van der Waals surface area contributed by atoms with E-state index in [0.29, 0.717) is 17.0 Å². The van der Waals surface area contributed by atoms with Gasteiger partial charge < -0.3 is 0 Å². The number of carbonyl (C=O) groups excluding carboxylic acids is 2. The number of halogens is 3. The van der Waals surface area contributed by atoms with Gasteiger partial charge in [-0.15, -0.1) is 0 Å². The fourth-order valence-corrected chi connectivity index (χ4v) is 3.14. The molecule has 2 unspecified atom stereocenters. The van der Waals surface area contributed by atoms with E-state index in [1.54, 1.807) is 38.1 Å². The lowest BCUT2D eigenvalue weighted by Gasteiger charge is -2.30. The minimum absolute atomic E-state index is 0.0739. The first-order chi connectivity index (χ1) is 10.7. The van der Waals surface area contributed by atoms with Crippen LogP contribution in [0.1, 0.15) is 13.8 Å². The molecule has 23 heavy (non-hydrogen) atoms. The summed E-state index contributed by atoms with van der Waals surface area (Å²) in [6.45, 7) is 3.47. The van der Waals surface area contributed by atoms with Crippen LogP contribution >= 0.6 is 47.8 Å². The highest BCUT2D eigenvalue weighted by Gasteiger charge is 2.43. The Balaban J connectivity index is 2.09. The Labute approximate surface area is 158 Å². The second kappa shape index (κ2) is 7.27. The third kappa shape index (κ3) is 4.30. The molecule has 8 heteroatoms. The summed E-state index contributed by atoms with van der Waals surface area (Å²) in [7, 11) is 0. The largest absolute Gasteiger partial charge is 0.437 e. The number of oxime groups is 1. The predicted molar refractivity (Wildman–Crippen MR) is 100 cm³/mol. The van der Waals surface area contributed by atoms with Crippen molar-refractivity contribution in [3.8, 4) is 0 Å². The summed E-state index contributed by atoms with van der Waals surface area (Å²) in [5, 5.41) is 6.45. The minimum atomic E-state index is -0.836. The SMILES string of the molecule is CC1=CC(=O)C(C)(Br)C(Br)C1=NOC(=O)Nc1ccc(Br)cc1. The quantitative estimate of drug-likeness (QED) is 0.354. The van der Waals surface area contributed by atoms with Crippen LogP contribution in [0, 0.1) is 0 Å². The summed E-state index contributed by atoms with van der Waals surface area (Å²) < 4.78 is 0.0692. The van der Waals surface area contributed by atoms with Crippen LogP contribution in [0.5, 0.6) is 0 Å². The van der Waals surface area contributed by atoms with Crippen LogP contribution in [-0.4, -0.2) is 26.7 Å². The van der Waals surface area contributed by atoms with Crippen molar-refractivity contribution in [1.29, 1.82) is 0 Å². The van der Waals surface area contributed by atoms with Crippen LogP contribution in [0.4, 0.5) is 10.5 Å². The maximum absolute atomic E-state index is 12.0. The van der Waals surface area contributed by atoms with Crippen molar-refractivity contribution < 1.29 is 14.4 Å². The van der Waals surface area contributed by atoms with Gasteiger partial charge in [-0.3, -0.25) is 14.9 Å². The van der Waals surface area contributed by atoms with E-state index >= 15 is 0 Å². The lowest BCUT2D eigenvalue weighted by Crippen LogP contribution is -2.45. The van der Waals surface area contributed by atoms with E-state index in [1.165, 1.54) is 6.08 Å². The van der Waals surface area contributed by atoms with Crippen LogP contribution in [0.15, 0.2) is 45.5 Å². The first-order valence-electron chi connectivity index (χ1n) is 6.59. The molecule has 0 spiro atoms. The Morgan fingerprint density at radius 2 is 1.96 bits per heavy atom. The van der Waals surface area contributed by atoms with Crippen LogP contribution in [-0.2, 0) is 9.63 Å². The molecule has 122 valence electrons. The molecule has 0 heterocycles. The second-order valence-electron chi connectivity index (χ2n) is 5.12. The molecule has 0 saturated carbocycles. The second-order valence-corrected chi connectivity index (χ2v) is 8.60. The van der Waals surface area contributed by atoms with E-state index < -0.39 is 15.2 Å². The Morgan fingerprint density at radius 3 is 2.57 bits per heavy atom. The first kappa shape index (κ1) is 18.4. The molecule has 0 saturated heterocycles. The van der Waals surface area contributed by atoms with Crippen molar-refractivity contribution in [3.63, 3.8) is 0 Å². The van der Waals surface area contributed by atoms with Gasteiger partial charge in [0.05, 0.1) is 10.5 Å². The number of amides is 1. The molecule has 2 rings (SSSR count). The molecule has 1 amide bonds. The summed E-state index contributed by atoms with van der Waals surface area (Å²) in [6.07, 6.45) is 0.766. The number of hydrogen-bond donors (Lipinski definition) is 1. The highest BCUT2D eigenvalue weighted by atomic mass is 79.9. The Morgan fingerprint density at radius 1 is 1.35 bits per heavy atom. The van der Waals surface area contributed by atoms with Gasteiger partial charge in [0.15, 0.2) is 5.78 Å². The van der Waals surface area contributed by atoms with Crippen molar-refractivity contribution in [3.05, 3.63) is 40.4 Å². The van der Waals surface area contributed by atoms with Crippen LogP contribution in [0.3, 0.4) is 0 Å². The van der Waals surface area contributed by atoms with Crippen LogP contribution in [0.25, 0.3) is 0 Å². The van der Waals surface area contributed by atoms with Crippen LogP contribution in [0.2, 0.25) is 0 Å². The lowest BCUT2D eigenvalue weighted by atomic mass is 9.88. The van der Waals surface area contributed by atoms with Gasteiger partial charge in [0.2, 0.25) is 0 Å². The van der Waals surface area contributed by atoms with Crippen molar-refractivity contribution in [1.82, 2.24) is 0 Å². The van der Waals surface area contributed by atoms with E-state index in [0.717, 1.165) is 4.47 Å². The number of ketones is 1. The molecular formula is C15H13Br3N2O3. The van der Waals surface area contributed by atoms with E-state index in [-0.39, 0.29) is 5.78 Å². The minimum Gasteiger partial charge on any atom is -0.297 e. The third-order valence-electron chi connectivity index (χ3n) is 3.27. The highest BCUT2D eigenvalue weighted by Crippen LogP contribution is 2.36. The Kier molecular flexibility index (Phi) is 5.80.